The summed E-state index contributed by atoms with van der Waals surface area (Å²) in [6.45, 7) is 0. The molecule has 4 heteroatoms. The average Bonchev–Trinajstić information content (AvgIpc) is 4.23. The zero-order valence-electron chi connectivity index (χ0n) is 38.5. The lowest BCUT2D eigenvalue weighted by molar-refractivity contribution is 0.668. The molecule has 4 heterocycles. The molecule has 10 aromatic carbocycles. The zero-order chi connectivity index (χ0) is 46.3. The van der Waals surface area contributed by atoms with E-state index in [-0.39, 0.29) is 17.9 Å². The number of hydrogen-bond acceptors (Lipinski definition) is 3. The van der Waals surface area contributed by atoms with Crippen molar-refractivity contribution in [3.8, 4) is 27.9 Å². The zero-order valence-corrected chi connectivity index (χ0v) is 38.5. The molecule has 4 nitrogen and oxygen atoms in total. The molecule has 1 aliphatic heterocycles. The summed E-state index contributed by atoms with van der Waals surface area (Å²) in [6.07, 6.45) is 7.33. The maximum absolute atomic E-state index is 6.48. The molecule has 2 aliphatic carbocycles. The van der Waals surface area contributed by atoms with Crippen LogP contribution in [-0.2, 0) is 0 Å². The minimum absolute atomic E-state index is 0.119. The lowest BCUT2D eigenvalue weighted by Gasteiger charge is -2.29. The molecule has 0 fully saturated rings. The second-order valence-electron chi connectivity index (χ2n) is 19.5. The largest absolute Gasteiger partial charge is 0.456 e. The first-order valence-electron chi connectivity index (χ1n) is 24.7. The Labute approximate surface area is 409 Å². The second-order valence-corrected chi connectivity index (χ2v) is 19.5. The highest BCUT2D eigenvalue weighted by Gasteiger charge is 2.39. The molecule has 3 aliphatic rings. The number of hydrogen-bond donors (Lipinski definition) is 0. The molecule has 13 aromatic rings. The van der Waals surface area contributed by atoms with Gasteiger partial charge in [-0.25, -0.2) is 0 Å². The van der Waals surface area contributed by atoms with Crippen LogP contribution in [-0.4, -0.2) is 10.6 Å². The highest BCUT2D eigenvalue weighted by molar-refractivity contribution is 6.18. The summed E-state index contributed by atoms with van der Waals surface area (Å²) in [5.74, 6) is 0.249. The molecule has 2 unspecified atom stereocenters. The molecule has 3 atom stereocenters. The standard InChI is InChI=1S/C67H42N2O2/c1-4-14-40(15-5-1)67-49-28-24-41(32-50(49)51-36-56-47-20-10-12-22-63(47)70-65(56)38-58(51)67)42-25-29-59-52(33-42)53-34-43(26-30-60(53)68(59)45-16-6-2-7-17-45)44-27-31-61-54(35-44)55-37-57-48-21-11-13-23-64(48)71-66(57)39-62(55)69(61)46-18-8-3-9-19-46/h1-39,52,59,67H/t52-,59?,67?/m1/s1. The van der Waals surface area contributed by atoms with Gasteiger partial charge in [0.25, 0.3) is 0 Å². The first-order chi connectivity index (χ1) is 35.2. The van der Waals surface area contributed by atoms with E-state index in [1.165, 1.54) is 83.3 Å². The topological polar surface area (TPSA) is 34.5 Å². The van der Waals surface area contributed by atoms with E-state index in [0.717, 1.165) is 55.1 Å². The minimum atomic E-state index is 0.119. The molecule has 0 radical (unpaired) electrons. The Morgan fingerprint density at radius 3 is 1.77 bits per heavy atom. The van der Waals surface area contributed by atoms with Gasteiger partial charge in [0.2, 0.25) is 0 Å². The van der Waals surface area contributed by atoms with Crippen molar-refractivity contribution in [1.29, 1.82) is 0 Å². The summed E-state index contributed by atoms with van der Waals surface area (Å²) in [5, 5.41) is 7.01. The van der Waals surface area contributed by atoms with Crippen molar-refractivity contribution in [2.45, 2.75) is 17.9 Å². The van der Waals surface area contributed by atoms with E-state index >= 15 is 0 Å². The van der Waals surface area contributed by atoms with E-state index < -0.39 is 0 Å². The normalized spacial score (nSPS) is 16.9. The SMILES string of the molecule is C1=CC2[C@H](C=C1c1ccc3c(c1)-c1cc4c(cc1C3c1ccccc1)oc1ccccc14)c1cc(-c3ccc4c(c3)c3cc5c(cc3n4-c3ccccc3)oc3ccccc35)ccc1N2c1ccccc1. The number of nitrogens with zero attached hydrogens (tertiary/aromatic N) is 2. The fraction of sp³-hybridized carbons (Fsp3) is 0.0448. The molecule has 0 saturated carbocycles. The number of fused-ring (bicyclic) bond motifs is 15. The summed E-state index contributed by atoms with van der Waals surface area (Å²) in [4.78, 5) is 2.54. The van der Waals surface area contributed by atoms with Gasteiger partial charge >= 0.3 is 0 Å². The molecule has 0 amide bonds. The van der Waals surface area contributed by atoms with Crippen molar-refractivity contribution in [2.24, 2.45) is 0 Å². The van der Waals surface area contributed by atoms with Crippen LogP contribution in [0.5, 0.6) is 0 Å². The minimum Gasteiger partial charge on any atom is -0.456 e. The van der Waals surface area contributed by atoms with Crippen LogP contribution in [0.1, 0.15) is 39.7 Å². The fourth-order valence-electron chi connectivity index (χ4n) is 12.6. The van der Waals surface area contributed by atoms with Crippen molar-refractivity contribution in [1.82, 2.24) is 4.57 Å². The molecule has 0 spiro atoms. The Balaban J connectivity index is 0.843. The number of anilines is 2. The average molecular weight is 907 g/mol. The lowest BCUT2D eigenvalue weighted by atomic mass is 9.84. The fourth-order valence-corrected chi connectivity index (χ4v) is 12.6. The van der Waals surface area contributed by atoms with Crippen molar-refractivity contribution >= 4 is 82.6 Å². The molecular formula is C67H42N2O2. The number of benzene rings is 10. The molecule has 0 N–H and O–H groups in total. The summed E-state index contributed by atoms with van der Waals surface area (Å²) < 4.78 is 15.3. The molecule has 16 rings (SSSR count). The maximum Gasteiger partial charge on any atom is 0.137 e. The van der Waals surface area contributed by atoms with Gasteiger partial charge in [0.1, 0.15) is 22.3 Å². The van der Waals surface area contributed by atoms with Crippen LogP contribution in [0.3, 0.4) is 0 Å². The first kappa shape index (κ1) is 38.8. The Kier molecular flexibility index (Phi) is 8.03. The molecular weight excluding hydrogens is 865 g/mol. The molecule has 71 heavy (non-hydrogen) atoms. The number of allylic oxidation sites excluding steroid dienone is 2. The Morgan fingerprint density at radius 1 is 0.380 bits per heavy atom. The third-order valence-corrected chi connectivity index (χ3v) is 15.8. The Bertz CT molecular complexity index is 4420. The smallest absolute Gasteiger partial charge is 0.137 e. The molecule has 0 saturated heterocycles. The second kappa shape index (κ2) is 14.7. The van der Waals surface area contributed by atoms with Crippen LogP contribution >= 0.6 is 0 Å². The van der Waals surface area contributed by atoms with Crippen molar-refractivity contribution in [3.05, 3.63) is 264 Å². The number of para-hydroxylation sites is 4. The van der Waals surface area contributed by atoms with E-state index in [0.29, 0.717) is 0 Å². The molecule has 3 aromatic heterocycles. The lowest BCUT2D eigenvalue weighted by Crippen LogP contribution is -2.28. The van der Waals surface area contributed by atoms with Gasteiger partial charge in [0.05, 0.1) is 17.1 Å². The first-order valence-corrected chi connectivity index (χ1v) is 24.7. The third kappa shape index (κ3) is 5.67. The van der Waals surface area contributed by atoms with E-state index in [1.807, 2.05) is 6.07 Å². The molecule has 332 valence electrons. The highest BCUT2D eigenvalue weighted by Crippen LogP contribution is 2.54. The summed E-state index contributed by atoms with van der Waals surface area (Å²) in [7, 11) is 0. The Hall–Kier alpha value is -9.12. The van der Waals surface area contributed by atoms with Crippen LogP contribution < -0.4 is 4.90 Å². The quantitative estimate of drug-likeness (QED) is 0.173. The van der Waals surface area contributed by atoms with E-state index in [2.05, 4.69) is 240 Å². The van der Waals surface area contributed by atoms with Crippen LogP contribution in [0, 0.1) is 0 Å². The van der Waals surface area contributed by atoms with Gasteiger partial charge in [-0.1, -0.05) is 146 Å². The third-order valence-electron chi connectivity index (χ3n) is 15.8. The predicted molar refractivity (Wildman–Crippen MR) is 292 cm³/mol. The van der Waals surface area contributed by atoms with Gasteiger partial charge in [0.15, 0.2) is 0 Å². The van der Waals surface area contributed by atoms with Crippen molar-refractivity contribution < 1.29 is 8.83 Å². The van der Waals surface area contributed by atoms with Crippen LogP contribution in [0.4, 0.5) is 11.4 Å². The summed E-state index contributed by atoms with van der Waals surface area (Å²) >= 11 is 0. The van der Waals surface area contributed by atoms with E-state index in [9.17, 15) is 0 Å². The van der Waals surface area contributed by atoms with Crippen molar-refractivity contribution in [2.75, 3.05) is 4.90 Å². The van der Waals surface area contributed by atoms with E-state index in [1.54, 1.807) is 0 Å². The predicted octanol–water partition coefficient (Wildman–Crippen LogP) is 17.7. The summed E-state index contributed by atoms with van der Waals surface area (Å²) in [5.41, 5.74) is 22.2. The van der Waals surface area contributed by atoms with Gasteiger partial charge in [-0.05, 0) is 141 Å². The number of aromatic nitrogens is 1. The highest BCUT2D eigenvalue weighted by atomic mass is 16.3. The number of rotatable bonds is 5. The van der Waals surface area contributed by atoms with E-state index in [4.69, 9.17) is 8.83 Å². The number of furan rings is 2. The summed E-state index contributed by atoms with van der Waals surface area (Å²) in [6, 6.07) is 80.0. The van der Waals surface area contributed by atoms with Crippen molar-refractivity contribution in [3.63, 3.8) is 0 Å². The van der Waals surface area contributed by atoms with Crippen LogP contribution in [0.25, 0.3) is 99.2 Å². The Morgan fingerprint density at radius 2 is 1.00 bits per heavy atom. The maximum atomic E-state index is 6.48. The monoisotopic (exact) mass is 906 g/mol. The van der Waals surface area contributed by atoms with Gasteiger partial charge in [-0.15, -0.1) is 0 Å². The molecule has 0 bridgehead atoms. The van der Waals surface area contributed by atoms with Gasteiger partial charge in [-0.3, -0.25) is 0 Å². The van der Waals surface area contributed by atoms with Crippen LogP contribution in [0.15, 0.2) is 245 Å². The van der Waals surface area contributed by atoms with Gasteiger partial charge in [0, 0.05) is 67.3 Å². The van der Waals surface area contributed by atoms with Crippen LogP contribution in [0.2, 0.25) is 0 Å². The van der Waals surface area contributed by atoms with Gasteiger partial charge < -0.3 is 18.3 Å². The van der Waals surface area contributed by atoms with Gasteiger partial charge in [-0.2, -0.15) is 0 Å².